The lowest BCUT2D eigenvalue weighted by Crippen LogP contribution is -2.75. The van der Waals surface area contributed by atoms with Crippen LogP contribution in [-0.4, -0.2) is 89.5 Å². The quantitative estimate of drug-likeness (QED) is 0.297. The highest BCUT2D eigenvalue weighted by Gasteiger charge is 2.71. The van der Waals surface area contributed by atoms with E-state index < -0.39 is 33.6 Å². The van der Waals surface area contributed by atoms with E-state index in [-0.39, 0.29) is 11.5 Å². The zero-order chi connectivity index (χ0) is 22.5. The average molecular weight is 461 g/mol. The highest BCUT2D eigenvalue weighted by Crippen LogP contribution is 2.63. The van der Waals surface area contributed by atoms with E-state index in [0.29, 0.717) is 11.5 Å². The van der Waals surface area contributed by atoms with Gasteiger partial charge in [-0.05, 0) is 38.1 Å². The van der Waals surface area contributed by atoms with Crippen molar-refractivity contribution in [1.29, 1.82) is 0 Å². The number of likely N-dealkylation sites (tertiary alicyclic amines) is 1. The summed E-state index contributed by atoms with van der Waals surface area (Å²) in [5.74, 6) is 1.39. The van der Waals surface area contributed by atoms with E-state index in [1.165, 1.54) is 5.56 Å². The highest BCUT2D eigenvalue weighted by atomic mass is 32.3. The average Bonchev–Trinajstić information content (AvgIpc) is 3.04. The van der Waals surface area contributed by atoms with Gasteiger partial charge in [0.15, 0.2) is 11.5 Å². The van der Waals surface area contributed by atoms with E-state index in [1.807, 2.05) is 18.9 Å². The Bertz CT molecular complexity index is 959. The van der Waals surface area contributed by atoms with Crippen molar-refractivity contribution in [2.45, 2.75) is 42.1 Å². The molecule has 12 heteroatoms. The summed E-state index contributed by atoms with van der Waals surface area (Å²) >= 11 is 0. The van der Waals surface area contributed by atoms with Gasteiger partial charge in [-0.1, -0.05) is 18.2 Å². The van der Waals surface area contributed by atoms with Crippen LogP contribution in [0.1, 0.15) is 17.5 Å². The summed E-state index contributed by atoms with van der Waals surface area (Å²) in [6.45, 7) is 2.88. The first-order chi connectivity index (χ1) is 14.0. The molecule has 0 saturated carbocycles. The molecule has 2 aliphatic carbocycles. The number of aliphatic hydroxyl groups excluding tert-OH is 1. The SMILES string of the molecule is C=O.COc1ccc2c3c1O[C@H]1[C@@H](O)C=C[C@@]4(O)[C@@H](C2)N(C)CC[C@]314.O.O=S(=O)(O)O. The minimum absolute atomic E-state index is 0. The Hall–Kier alpha value is -2.06. The number of piperidine rings is 1. The second-order valence-electron chi connectivity index (χ2n) is 7.71. The molecule has 5 rings (SSSR count). The van der Waals surface area contributed by atoms with Crippen molar-refractivity contribution in [3.63, 3.8) is 0 Å². The Kier molecular flexibility index (Phi) is 6.88. The van der Waals surface area contributed by atoms with Gasteiger partial charge in [-0.15, -0.1) is 0 Å². The van der Waals surface area contributed by atoms with E-state index in [0.717, 1.165) is 24.9 Å². The molecule has 0 aromatic heterocycles. The number of methoxy groups -OCH3 is 1. The molecule has 0 radical (unpaired) electrons. The van der Waals surface area contributed by atoms with E-state index in [1.54, 1.807) is 13.2 Å². The number of hydrogen-bond acceptors (Lipinski definition) is 8. The number of rotatable bonds is 1. The van der Waals surface area contributed by atoms with Crippen LogP contribution >= 0.6 is 0 Å². The van der Waals surface area contributed by atoms with Crippen molar-refractivity contribution >= 4 is 17.2 Å². The molecule has 31 heavy (non-hydrogen) atoms. The predicted octanol–water partition coefficient (Wildman–Crippen LogP) is -1.05. The zero-order valence-corrected chi connectivity index (χ0v) is 17.9. The standard InChI is InChI=1S/C18H21NO4.CH2O.H2O4S.H2O/c1-19-8-7-17-14-10-3-4-12(22-2)15(14)23-16(17)11(20)5-6-18(17,21)13(19)9-10;1-2;1-5(2,3)4;/h3-6,11,13,16,20-21H,7-9H2,1-2H3;1H2;(H2,1,2,3,4);1H2/t11-,13+,16-,17-,18+;;;/m0.../s1. The van der Waals surface area contributed by atoms with Gasteiger partial charge in [0.05, 0.1) is 12.5 Å². The Morgan fingerprint density at radius 2 is 1.90 bits per heavy atom. The molecule has 1 saturated heterocycles. The molecule has 6 N–H and O–H groups in total. The molecule has 0 amide bonds. The topological polar surface area (TPSA) is 185 Å². The molecular weight excluding hydrogens is 434 g/mol. The summed E-state index contributed by atoms with van der Waals surface area (Å²) in [4.78, 5) is 10.2. The first kappa shape index (κ1) is 25.2. The van der Waals surface area contributed by atoms with Gasteiger partial charge in [0.1, 0.15) is 24.6 Å². The number of ether oxygens (including phenoxy) is 2. The summed E-state index contributed by atoms with van der Waals surface area (Å²) in [6.07, 6.45) is 3.86. The Labute approximate surface area is 179 Å². The normalized spacial score (nSPS) is 33.9. The third-order valence-electron chi connectivity index (χ3n) is 6.49. The second-order valence-corrected chi connectivity index (χ2v) is 8.61. The Balaban J connectivity index is 0.000000380. The molecule has 2 bridgehead atoms. The van der Waals surface area contributed by atoms with Crippen LogP contribution in [0.25, 0.3) is 0 Å². The van der Waals surface area contributed by atoms with Crippen molar-refractivity contribution < 1.29 is 47.5 Å². The number of aliphatic hydroxyl groups is 2. The fourth-order valence-electron chi connectivity index (χ4n) is 5.44. The van der Waals surface area contributed by atoms with E-state index in [2.05, 4.69) is 18.0 Å². The van der Waals surface area contributed by atoms with Crippen molar-refractivity contribution in [1.82, 2.24) is 4.90 Å². The number of likely N-dealkylation sites (N-methyl/N-ethyl adjacent to an activating group) is 1. The molecule has 4 aliphatic rings. The lowest BCUT2D eigenvalue weighted by Gasteiger charge is -2.61. The van der Waals surface area contributed by atoms with Gasteiger partial charge in [0.25, 0.3) is 0 Å². The van der Waals surface area contributed by atoms with Crippen LogP contribution < -0.4 is 9.47 Å². The van der Waals surface area contributed by atoms with Crippen LogP contribution in [0.2, 0.25) is 0 Å². The third-order valence-corrected chi connectivity index (χ3v) is 6.49. The maximum absolute atomic E-state index is 11.7. The van der Waals surface area contributed by atoms with Crippen molar-refractivity contribution in [2.75, 3.05) is 20.7 Å². The maximum Gasteiger partial charge on any atom is 0.394 e. The fraction of sp³-hybridized carbons (Fsp3) is 0.526. The van der Waals surface area contributed by atoms with E-state index >= 15 is 0 Å². The summed E-state index contributed by atoms with van der Waals surface area (Å²) in [5.41, 5.74) is 0.647. The molecule has 11 nitrogen and oxygen atoms in total. The summed E-state index contributed by atoms with van der Waals surface area (Å²) < 4.78 is 43.3. The summed E-state index contributed by atoms with van der Waals surface area (Å²) in [7, 11) is -0.975. The molecule has 5 atom stereocenters. The van der Waals surface area contributed by atoms with Crippen LogP contribution in [0.15, 0.2) is 24.3 Å². The number of carbonyl (C=O) groups is 1. The first-order valence-corrected chi connectivity index (χ1v) is 10.6. The minimum atomic E-state index is -4.67. The lowest BCUT2D eigenvalue weighted by molar-refractivity contribution is -0.151. The third kappa shape index (κ3) is 3.63. The minimum Gasteiger partial charge on any atom is -0.493 e. The van der Waals surface area contributed by atoms with Crippen molar-refractivity contribution in [3.05, 3.63) is 35.4 Å². The second kappa shape index (κ2) is 8.47. The Morgan fingerprint density at radius 1 is 1.29 bits per heavy atom. The summed E-state index contributed by atoms with van der Waals surface area (Å²) in [6, 6.07) is 4.02. The number of benzene rings is 1. The number of carbonyl (C=O) groups excluding carboxylic acids is 1. The highest BCUT2D eigenvalue weighted by molar-refractivity contribution is 7.79. The smallest absolute Gasteiger partial charge is 0.394 e. The van der Waals surface area contributed by atoms with Gasteiger partial charge in [0, 0.05) is 11.6 Å². The lowest BCUT2D eigenvalue weighted by atomic mass is 9.50. The van der Waals surface area contributed by atoms with Gasteiger partial charge in [0.2, 0.25) is 0 Å². The molecule has 174 valence electrons. The maximum atomic E-state index is 11.7. The zero-order valence-electron chi connectivity index (χ0n) is 17.1. The molecular formula is C19H27NO10S. The monoisotopic (exact) mass is 461 g/mol. The molecule has 0 unspecified atom stereocenters. The number of hydrogen-bond donors (Lipinski definition) is 4. The molecule has 1 aromatic carbocycles. The van der Waals surface area contributed by atoms with Gasteiger partial charge in [-0.2, -0.15) is 8.42 Å². The van der Waals surface area contributed by atoms with Crippen LogP contribution in [0.5, 0.6) is 11.5 Å². The molecule has 1 fully saturated rings. The molecule has 2 aliphatic heterocycles. The van der Waals surface area contributed by atoms with Gasteiger partial charge < -0.3 is 30.0 Å². The summed E-state index contributed by atoms with van der Waals surface area (Å²) in [5, 5.41) is 22.3. The fourth-order valence-corrected chi connectivity index (χ4v) is 5.44. The van der Waals surface area contributed by atoms with Crippen LogP contribution in [0.4, 0.5) is 0 Å². The van der Waals surface area contributed by atoms with Crippen molar-refractivity contribution in [3.8, 4) is 11.5 Å². The van der Waals surface area contributed by atoms with Crippen LogP contribution in [-0.2, 0) is 27.0 Å². The predicted molar refractivity (Wildman–Crippen MR) is 109 cm³/mol. The van der Waals surface area contributed by atoms with Gasteiger partial charge in [-0.25, -0.2) is 0 Å². The molecule has 1 spiro atoms. The number of nitrogens with zero attached hydrogens (tertiary/aromatic N) is 1. The first-order valence-electron chi connectivity index (χ1n) is 9.18. The molecule has 2 heterocycles. The Morgan fingerprint density at radius 3 is 2.48 bits per heavy atom. The van der Waals surface area contributed by atoms with E-state index in [4.69, 9.17) is 31.8 Å². The molecule has 1 aromatic rings. The largest absolute Gasteiger partial charge is 0.493 e. The van der Waals surface area contributed by atoms with Crippen LogP contribution in [0.3, 0.4) is 0 Å². The van der Waals surface area contributed by atoms with Gasteiger partial charge >= 0.3 is 10.4 Å². The van der Waals surface area contributed by atoms with Crippen LogP contribution in [0, 0.1) is 0 Å². The van der Waals surface area contributed by atoms with Crippen molar-refractivity contribution in [2.24, 2.45) is 0 Å². The van der Waals surface area contributed by atoms with E-state index in [9.17, 15) is 10.2 Å². The van der Waals surface area contributed by atoms with Gasteiger partial charge in [-0.3, -0.25) is 14.0 Å².